The number of halogens is 1. The highest BCUT2D eigenvalue weighted by Gasteiger charge is 2.24. The highest BCUT2D eigenvalue weighted by atomic mass is 79.9. The lowest BCUT2D eigenvalue weighted by molar-refractivity contribution is 0.145. The molecule has 1 heterocycles. The molecule has 1 rings (SSSR count). The molecule has 0 fully saturated rings. The predicted octanol–water partition coefficient (Wildman–Crippen LogP) is 0.327. The summed E-state index contributed by atoms with van der Waals surface area (Å²) < 4.78 is 5.81. The van der Waals surface area contributed by atoms with Gasteiger partial charge in [0, 0.05) is 13.1 Å². The Kier molecular flexibility index (Phi) is 5.97. The van der Waals surface area contributed by atoms with Crippen LogP contribution >= 0.6 is 15.9 Å². The summed E-state index contributed by atoms with van der Waals surface area (Å²) in [6.07, 6.45) is 2.66. The molecule has 0 aliphatic carbocycles. The fourth-order valence-corrected chi connectivity index (χ4v) is 2.30. The van der Waals surface area contributed by atoms with E-state index in [1.54, 1.807) is 7.11 Å². The van der Waals surface area contributed by atoms with Crippen molar-refractivity contribution in [3.05, 3.63) is 12.0 Å². The molecule has 92 valence electrons. The highest BCUT2D eigenvalue weighted by Crippen LogP contribution is 2.20. The summed E-state index contributed by atoms with van der Waals surface area (Å²) in [4.78, 5) is 6.22. The second-order valence-corrected chi connectivity index (χ2v) is 4.23. The Labute approximate surface area is 104 Å². The number of aliphatic hydroxyl groups excluding tert-OH is 2. The second-order valence-electron chi connectivity index (χ2n) is 3.42. The van der Waals surface area contributed by atoms with Gasteiger partial charge in [-0.25, -0.2) is 4.99 Å². The maximum Gasteiger partial charge on any atom is 0.209 e. The summed E-state index contributed by atoms with van der Waals surface area (Å²) in [6.45, 7) is 1.17. The molecule has 0 saturated heterocycles. The van der Waals surface area contributed by atoms with Crippen LogP contribution in [0.25, 0.3) is 0 Å². The monoisotopic (exact) mass is 292 g/mol. The number of hydrogen-bond donors (Lipinski definition) is 2. The molecular weight excluding hydrogens is 276 g/mol. The van der Waals surface area contributed by atoms with Crippen LogP contribution in [-0.2, 0) is 4.74 Å². The Balaban J connectivity index is 2.66. The van der Waals surface area contributed by atoms with Crippen molar-refractivity contribution in [2.24, 2.45) is 4.99 Å². The van der Waals surface area contributed by atoms with E-state index in [9.17, 15) is 0 Å². The van der Waals surface area contributed by atoms with E-state index in [2.05, 4.69) is 20.9 Å². The number of aliphatic hydroxyl groups is 2. The van der Waals surface area contributed by atoms with Gasteiger partial charge in [-0.1, -0.05) is 0 Å². The third-order valence-corrected chi connectivity index (χ3v) is 3.14. The van der Waals surface area contributed by atoms with Gasteiger partial charge in [0.15, 0.2) is 0 Å². The lowest BCUT2D eigenvalue weighted by Gasteiger charge is -2.30. The number of methoxy groups -OCH3 is 1. The van der Waals surface area contributed by atoms with Crippen LogP contribution in [0.5, 0.6) is 0 Å². The molecule has 0 radical (unpaired) electrons. The van der Waals surface area contributed by atoms with Gasteiger partial charge >= 0.3 is 0 Å². The van der Waals surface area contributed by atoms with Crippen LogP contribution in [0.3, 0.4) is 0 Å². The van der Waals surface area contributed by atoms with Crippen LogP contribution in [0.4, 0.5) is 0 Å². The van der Waals surface area contributed by atoms with E-state index in [4.69, 9.17) is 14.9 Å². The van der Waals surface area contributed by atoms with Crippen LogP contribution < -0.4 is 0 Å². The molecule has 6 heteroatoms. The Morgan fingerprint density at radius 3 is 2.56 bits per heavy atom. The molecule has 2 N–H and O–H groups in total. The van der Waals surface area contributed by atoms with Crippen molar-refractivity contribution in [3.8, 4) is 0 Å². The van der Waals surface area contributed by atoms with Crippen LogP contribution in [0.1, 0.15) is 6.42 Å². The number of rotatable bonds is 6. The standard InChI is InChI=1S/C10H17BrN2O3/c1-16-9-3-2-8(10(11)12-9)13(4-6-14)5-7-15/h3,8,14-15H,2,4-7H2,1H3. The highest BCUT2D eigenvalue weighted by molar-refractivity contribution is 9.18. The summed E-state index contributed by atoms with van der Waals surface area (Å²) in [7, 11) is 1.58. The van der Waals surface area contributed by atoms with Crippen molar-refractivity contribution in [2.75, 3.05) is 33.4 Å². The zero-order chi connectivity index (χ0) is 12.0. The molecule has 1 aliphatic heterocycles. The quantitative estimate of drug-likeness (QED) is 0.740. The minimum atomic E-state index is 0.0671. The molecule has 0 aromatic rings. The minimum Gasteiger partial charge on any atom is -0.481 e. The molecule has 0 aromatic carbocycles. The van der Waals surface area contributed by atoms with Crippen molar-refractivity contribution >= 4 is 20.6 Å². The van der Waals surface area contributed by atoms with E-state index in [1.165, 1.54) is 0 Å². The molecule has 1 atom stereocenters. The van der Waals surface area contributed by atoms with Crippen molar-refractivity contribution in [1.29, 1.82) is 0 Å². The minimum absolute atomic E-state index is 0.0671. The van der Waals surface area contributed by atoms with E-state index < -0.39 is 0 Å². The summed E-state index contributed by atoms with van der Waals surface area (Å²) in [5.41, 5.74) is 0. The van der Waals surface area contributed by atoms with Crippen molar-refractivity contribution < 1.29 is 14.9 Å². The molecule has 1 aliphatic rings. The average Bonchev–Trinajstić information content (AvgIpc) is 2.29. The zero-order valence-electron chi connectivity index (χ0n) is 9.27. The molecule has 0 saturated carbocycles. The largest absolute Gasteiger partial charge is 0.481 e. The van der Waals surface area contributed by atoms with Crippen molar-refractivity contribution in [2.45, 2.75) is 12.5 Å². The van der Waals surface area contributed by atoms with E-state index >= 15 is 0 Å². The van der Waals surface area contributed by atoms with Gasteiger partial charge < -0.3 is 14.9 Å². The molecule has 0 bridgehead atoms. The number of ether oxygens (including phenoxy) is 1. The third kappa shape index (κ3) is 3.55. The smallest absolute Gasteiger partial charge is 0.209 e. The average molecular weight is 293 g/mol. The van der Waals surface area contributed by atoms with Crippen LogP contribution in [0.15, 0.2) is 17.0 Å². The molecule has 1 unspecified atom stereocenters. The first-order valence-corrected chi connectivity index (χ1v) is 5.96. The number of aliphatic imine (C=N–C) groups is 1. The molecule has 0 spiro atoms. The Morgan fingerprint density at radius 2 is 2.12 bits per heavy atom. The molecule has 0 aromatic heterocycles. The van der Waals surface area contributed by atoms with Gasteiger partial charge in [-0.3, -0.25) is 4.90 Å². The predicted molar refractivity (Wildman–Crippen MR) is 65.6 cm³/mol. The summed E-state index contributed by atoms with van der Waals surface area (Å²) in [5, 5.41) is 17.9. The fraction of sp³-hybridized carbons (Fsp3) is 0.700. The van der Waals surface area contributed by atoms with E-state index in [-0.39, 0.29) is 19.3 Å². The Hall–Kier alpha value is -0.430. The van der Waals surface area contributed by atoms with E-state index in [0.717, 1.165) is 11.0 Å². The SMILES string of the molecule is COC1=CCC(N(CCO)CCO)C(Br)=N1. The lowest BCUT2D eigenvalue weighted by atomic mass is 10.1. The van der Waals surface area contributed by atoms with Gasteiger partial charge in [-0.05, 0) is 28.4 Å². The molecular formula is C10H17BrN2O3. The number of hydrogen-bond acceptors (Lipinski definition) is 5. The zero-order valence-corrected chi connectivity index (χ0v) is 10.9. The maximum absolute atomic E-state index is 8.96. The van der Waals surface area contributed by atoms with Gasteiger partial charge in [0.25, 0.3) is 0 Å². The first-order chi connectivity index (χ1) is 7.72. The van der Waals surface area contributed by atoms with Gasteiger partial charge in [0.2, 0.25) is 5.88 Å². The normalized spacial score (nSPS) is 20.7. The van der Waals surface area contributed by atoms with Crippen LogP contribution in [-0.4, -0.2) is 59.2 Å². The first-order valence-electron chi connectivity index (χ1n) is 5.17. The van der Waals surface area contributed by atoms with Gasteiger partial charge in [-0.2, -0.15) is 0 Å². The Morgan fingerprint density at radius 1 is 1.50 bits per heavy atom. The van der Waals surface area contributed by atoms with E-state index in [0.29, 0.717) is 19.0 Å². The van der Waals surface area contributed by atoms with Crippen LogP contribution in [0, 0.1) is 0 Å². The molecule has 5 nitrogen and oxygen atoms in total. The topological polar surface area (TPSA) is 65.3 Å². The molecule has 16 heavy (non-hydrogen) atoms. The lowest BCUT2D eigenvalue weighted by Crippen LogP contribution is -2.43. The molecule has 0 amide bonds. The van der Waals surface area contributed by atoms with Gasteiger partial charge in [0.05, 0.1) is 26.4 Å². The van der Waals surface area contributed by atoms with Gasteiger partial charge in [-0.15, -0.1) is 0 Å². The van der Waals surface area contributed by atoms with Crippen LogP contribution in [0.2, 0.25) is 0 Å². The summed E-state index contributed by atoms with van der Waals surface area (Å²) in [5.74, 6) is 0.594. The summed E-state index contributed by atoms with van der Waals surface area (Å²) >= 11 is 3.40. The maximum atomic E-state index is 8.96. The summed E-state index contributed by atoms with van der Waals surface area (Å²) in [6, 6.07) is 0.0678. The second kappa shape index (κ2) is 7.01. The number of nitrogens with zero attached hydrogens (tertiary/aromatic N) is 2. The fourth-order valence-electron chi connectivity index (χ4n) is 1.64. The van der Waals surface area contributed by atoms with Crippen molar-refractivity contribution in [1.82, 2.24) is 4.90 Å². The Bertz CT molecular complexity index is 275. The third-order valence-electron chi connectivity index (χ3n) is 2.43. The van der Waals surface area contributed by atoms with Gasteiger partial charge in [0.1, 0.15) is 4.62 Å². The first kappa shape index (κ1) is 13.6. The van der Waals surface area contributed by atoms with E-state index in [1.807, 2.05) is 11.0 Å². The van der Waals surface area contributed by atoms with Crippen molar-refractivity contribution in [3.63, 3.8) is 0 Å².